The third-order valence-electron chi connectivity index (χ3n) is 5.07. The molecule has 0 spiro atoms. The van der Waals surface area contributed by atoms with Crippen LogP contribution in [-0.4, -0.2) is 51.3 Å². The first-order valence-electron chi connectivity index (χ1n) is 9.21. The van der Waals surface area contributed by atoms with Crippen molar-refractivity contribution < 1.29 is 9.72 Å². The van der Waals surface area contributed by atoms with E-state index in [-0.39, 0.29) is 22.7 Å². The van der Waals surface area contributed by atoms with Crippen LogP contribution in [0, 0.1) is 17.0 Å². The lowest BCUT2D eigenvalue weighted by Crippen LogP contribution is -2.49. The number of hydrogen-bond donors (Lipinski definition) is 0. The largest absolute Gasteiger partial charge is 0.368 e. The molecule has 0 radical (unpaired) electrons. The van der Waals surface area contributed by atoms with Crippen LogP contribution >= 0.6 is 0 Å². The van der Waals surface area contributed by atoms with Gasteiger partial charge >= 0.3 is 0 Å². The van der Waals surface area contributed by atoms with Crippen LogP contribution in [0.4, 0.5) is 11.4 Å². The number of anilines is 1. The van der Waals surface area contributed by atoms with Gasteiger partial charge in [-0.05, 0) is 30.7 Å². The van der Waals surface area contributed by atoms with Gasteiger partial charge in [0.25, 0.3) is 17.2 Å². The molecule has 1 amide bonds. The van der Waals surface area contributed by atoms with Crippen molar-refractivity contribution in [2.24, 2.45) is 0 Å². The lowest BCUT2D eigenvalue weighted by atomic mass is 10.2. The van der Waals surface area contributed by atoms with Crippen molar-refractivity contribution in [3.8, 4) is 0 Å². The summed E-state index contributed by atoms with van der Waals surface area (Å²) in [7, 11) is 0. The quantitative estimate of drug-likeness (QED) is 0.497. The van der Waals surface area contributed by atoms with Gasteiger partial charge in [-0.3, -0.25) is 24.1 Å². The first-order chi connectivity index (χ1) is 13.9. The van der Waals surface area contributed by atoms with Crippen LogP contribution in [0.25, 0.3) is 5.65 Å². The Labute approximate surface area is 166 Å². The molecule has 4 rings (SSSR count). The van der Waals surface area contributed by atoms with E-state index in [4.69, 9.17) is 0 Å². The molecule has 3 aromatic rings. The van der Waals surface area contributed by atoms with Gasteiger partial charge in [-0.2, -0.15) is 0 Å². The molecule has 0 aliphatic carbocycles. The predicted octanol–water partition coefficient (Wildman–Crippen LogP) is 1.87. The number of carbonyl (C=O) groups excluding carboxylic acids is 1. The summed E-state index contributed by atoms with van der Waals surface area (Å²) in [6.45, 7) is 3.92. The topological polar surface area (TPSA) is 101 Å². The molecule has 0 unspecified atom stereocenters. The minimum Gasteiger partial charge on any atom is -0.368 e. The number of aromatic nitrogens is 2. The van der Waals surface area contributed by atoms with E-state index in [1.54, 1.807) is 29.3 Å². The van der Waals surface area contributed by atoms with Gasteiger partial charge in [-0.1, -0.05) is 6.07 Å². The van der Waals surface area contributed by atoms with Gasteiger partial charge in [0.2, 0.25) is 0 Å². The number of piperazine rings is 1. The second-order valence-electron chi connectivity index (χ2n) is 6.96. The van der Waals surface area contributed by atoms with E-state index in [1.165, 1.54) is 22.7 Å². The lowest BCUT2D eigenvalue weighted by molar-refractivity contribution is -0.384. The van der Waals surface area contributed by atoms with Crippen molar-refractivity contribution in [1.82, 2.24) is 14.3 Å². The number of benzene rings is 1. The van der Waals surface area contributed by atoms with Gasteiger partial charge < -0.3 is 9.80 Å². The number of carbonyl (C=O) groups is 1. The van der Waals surface area contributed by atoms with Gasteiger partial charge in [-0.15, -0.1) is 0 Å². The summed E-state index contributed by atoms with van der Waals surface area (Å²) in [6.07, 6.45) is 3.02. The zero-order valence-electron chi connectivity index (χ0n) is 15.8. The summed E-state index contributed by atoms with van der Waals surface area (Å²) in [5.41, 5.74) is 1.99. The molecule has 1 aliphatic rings. The zero-order valence-corrected chi connectivity index (χ0v) is 15.8. The van der Waals surface area contributed by atoms with Gasteiger partial charge in [0, 0.05) is 56.4 Å². The number of pyridine rings is 1. The fourth-order valence-electron chi connectivity index (χ4n) is 3.45. The highest BCUT2D eigenvalue weighted by Crippen LogP contribution is 2.21. The Kier molecular flexibility index (Phi) is 4.71. The molecule has 3 heterocycles. The number of nitrogens with zero attached hydrogens (tertiary/aromatic N) is 5. The van der Waals surface area contributed by atoms with E-state index < -0.39 is 4.92 Å². The van der Waals surface area contributed by atoms with Crippen molar-refractivity contribution in [2.75, 3.05) is 31.1 Å². The molecule has 1 saturated heterocycles. The van der Waals surface area contributed by atoms with Crippen molar-refractivity contribution in [3.63, 3.8) is 0 Å². The van der Waals surface area contributed by atoms with Crippen LogP contribution in [0.2, 0.25) is 0 Å². The fraction of sp³-hybridized carbons (Fsp3) is 0.250. The zero-order chi connectivity index (χ0) is 20.5. The van der Waals surface area contributed by atoms with Gasteiger partial charge in [0.15, 0.2) is 0 Å². The minimum atomic E-state index is -0.433. The highest BCUT2D eigenvalue weighted by molar-refractivity contribution is 5.94. The predicted molar refractivity (Wildman–Crippen MR) is 107 cm³/mol. The third-order valence-corrected chi connectivity index (χ3v) is 5.07. The Bertz CT molecular complexity index is 1150. The molecule has 1 aliphatic heterocycles. The molecule has 29 heavy (non-hydrogen) atoms. The van der Waals surface area contributed by atoms with E-state index in [1.807, 2.05) is 13.0 Å². The maximum absolute atomic E-state index is 12.9. The number of nitro groups is 1. The second-order valence-corrected chi connectivity index (χ2v) is 6.96. The molecule has 0 atom stereocenters. The van der Waals surface area contributed by atoms with Crippen LogP contribution in [0.3, 0.4) is 0 Å². The van der Waals surface area contributed by atoms with E-state index in [0.29, 0.717) is 31.8 Å². The Hall–Kier alpha value is -3.75. The molecule has 1 fully saturated rings. The monoisotopic (exact) mass is 393 g/mol. The molecule has 0 saturated carbocycles. The Morgan fingerprint density at radius 3 is 2.41 bits per heavy atom. The highest BCUT2D eigenvalue weighted by Gasteiger charge is 2.25. The first-order valence-corrected chi connectivity index (χ1v) is 9.21. The van der Waals surface area contributed by atoms with Crippen molar-refractivity contribution in [2.45, 2.75) is 6.92 Å². The normalized spacial score (nSPS) is 14.2. The molecule has 9 nitrogen and oxygen atoms in total. The van der Waals surface area contributed by atoms with Crippen LogP contribution in [0.5, 0.6) is 0 Å². The standard InChI is InChI=1S/C20H19N5O4/c1-14-2-7-18-21-12-17(20(27)24(18)13-14)19(26)23-10-8-22(9-11-23)15-3-5-16(6-4-15)25(28)29/h2-7,12-13H,8-11H2,1H3. The van der Waals surface area contributed by atoms with E-state index in [9.17, 15) is 19.7 Å². The number of rotatable bonds is 3. The van der Waals surface area contributed by atoms with Crippen LogP contribution < -0.4 is 10.5 Å². The van der Waals surface area contributed by atoms with Crippen molar-refractivity contribution in [1.29, 1.82) is 0 Å². The molecule has 9 heteroatoms. The summed E-state index contributed by atoms with van der Waals surface area (Å²) < 4.78 is 1.40. The molecule has 2 aromatic heterocycles. The summed E-state index contributed by atoms with van der Waals surface area (Å²) in [6, 6.07) is 9.96. The van der Waals surface area contributed by atoms with E-state index in [0.717, 1.165) is 11.3 Å². The number of amides is 1. The lowest BCUT2D eigenvalue weighted by Gasteiger charge is -2.36. The van der Waals surface area contributed by atoms with Crippen molar-refractivity contribution in [3.05, 3.63) is 80.4 Å². The summed E-state index contributed by atoms with van der Waals surface area (Å²) in [5, 5.41) is 10.8. The molecular weight excluding hydrogens is 374 g/mol. The summed E-state index contributed by atoms with van der Waals surface area (Å²) >= 11 is 0. The Morgan fingerprint density at radius 1 is 1.07 bits per heavy atom. The second kappa shape index (κ2) is 7.34. The first kappa shape index (κ1) is 18.6. The smallest absolute Gasteiger partial charge is 0.270 e. The SMILES string of the molecule is Cc1ccc2ncc(C(=O)N3CCN(c4ccc([N+](=O)[O-])cc4)CC3)c(=O)n2c1. The maximum Gasteiger partial charge on any atom is 0.270 e. The average molecular weight is 393 g/mol. The van der Waals surface area contributed by atoms with Crippen LogP contribution in [0.1, 0.15) is 15.9 Å². The van der Waals surface area contributed by atoms with Gasteiger partial charge in [-0.25, -0.2) is 4.98 Å². The number of aryl methyl sites for hydroxylation is 1. The minimum absolute atomic E-state index is 0.0436. The van der Waals surface area contributed by atoms with E-state index in [2.05, 4.69) is 9.88 Å². The molecule has 148 valence electrons. The Balaban J connectivity index is 1.49. The van der Waals surface area contributed by atoms with Gasteiger partial charge in [0.05, 0.1) is 4.92 Å². The summed E-state index contributed by atoms with van der Waals surface area (Å²) in [5.74, 6) is -0.332. The number of nitro benzene ring substituents is 1. The fourth-order valence-corrected chi connectivity index (χ4v) is 3.45. The van der Waals surface area contributed by atoms with Crippen molar-refractivity contribution >= 4 is 22.9 Å². The van der Waals surface area contributed by atoms with Crippen LogP contribution in [0.15, 0.2) is 53.6 Å². The van der Waals surface area contributed by atoms with Crippen LogP contribution in [-0.2, 0) is 0 Å². The van der Waals surface area contributed by atoms with Gasteiger partial charge in [0.1, 0.15) is 11.2 Å². The Morgan fingerprint density at radius 2 is 1.76 bits per heavy atom. The molecular formula is C20H19N5O4. The average Bonchev–Trinajstić information content (AvgIpc) is 2.74. The number of non-ortho nitro benzene ring substituents is 1. The number of hydrogen-bond acceptors (Lipinski definition) is 6. The third kappa shape index (κ3) is 3.54. The number of fused-ring (bicyclic) bond motifs is 1. The molecule has 0 N–H and O–H groups in total. The molecule has 0 bridgehead atoms. The highest BCUT2D eigenvalue weighted by atomic mass is 16.6. The summed E-state index contributed by atoms with van der Waals surface area (Å²) in [4.78, 5) is 43.9. The van der Waals surface area contributed by atoms with E-state index >= 15 is 0 Å². The molecule has 1 aromatic carbocycles. The maximum atomic E-state index is 12.9.